The average molecular weight is 393 g/mol. The molecule has 0 aliphatic carbocycles. The first-order chi connectivity index (χ1) is 13.5. The van der Waals surface area contributed by atoms with Crippen LogP contribution in [0.25, 0.3) is 22.5 Å². The average Bonchev–Trinajstić information content (AvgIpc) is 3.19. The number of non-ortho nitro benzene ring substituents is 1. The summed E-state index contributed by atoms with van der Waals surface area (Å²) >= 11 is 1.49. The van der Waals surface area contributed by atoms with E-state index in [-0.39, 0.29) is 10.9 Å². The molecular formula is C19H15N5O3S. The van der Waals surface area contributed by atoms with Gasteiger partial charge in [0.1, 0.15) is 5.03 Å². The van der Waals surface area contributed by atoms with Crippen molar-refractivity contribution in [1.82, 2.24) is 20.2 Å². The number of aryl methyl sites for hydroxylation is 1. The van der Waals surface area contributed by atoms with Gasteiger partial charge in [0.2, 0.25) is 11.8 Å². The molecule has 0 aliphatic heterocycles. The van der Waals surface area contributed by atoms with Crippen molar-refractivity contribution < 1.29 is 9.34 Å². The maximum absolute atomic E-state index is 10.8. The zero-order valence-corrected chi connectivity index (χ0v) is 15.9. The second-order valence-electron chi connectivity index (χ2n) is 6.11. The van der Waals surface area contributed by atoms with Crippen LogP contribution < -0.4 is 0 Å². The van der Waals surface area contributed by atoms with Gasteiger partial charge in [0.15, 0.2) is 0 Å². The minimum atomic E-state index is -0.450. The highest BCUT2D eigenvalue weighted by Gasteiger charge is 2.19. The molecule has 8 nitrogen and oxygen atoms in total. The van der Waals surface area contributed by atoms with Crippen LogP contribution in [0.4, 0.5) is 5.69 Å². The van der Waals surface area contributed by atoms with Crippen LogP contribution in [0.5, 0.6) is 0 Å². The molecule has 0 saturated heterocycles. The molecule has 140 valence electrons. The Morgan fingerprint density at radius 3 is 2.39 bits per heavy atom. The summed E-state index contributed by atoms with van der Waals surface area (Å²) in [6.45, 7) is 3.87. The molecule has 0 fully saturated rings. The summed E-state index contributed by atoms with van der Waals surface area (Å²) < 4.78 is 5.77. The van der Waals surface area contributed by atoms with Crippen molar-refractivity contribution in [1.29, 1.82) is 0 Å². The Kier molecular flexibility index (Phi) is 4.74. The summed E-state index contributed by atoms with van der Waals surface area (Å²) in [5.74, 6) is 0.770. The molecule has 0 bridgehead atoms. The normalized spacial score (nSPS) is 12.2. The van der Waals surface area contributed by atoms with Gasteiger partial charge < -0.3 is 4.42 Å². The first kappa shape index (κ1) is 18.1. The minimum absolute atomic E-state index is 0.0118. The fourth-order valence-electron chi connectivity index (χ4n) is 2.64. The first-order valence-corrected chi connectivity index (χ1v) is 9.37. The Bertz CT molecular complexity index is 1160. The zero-order chi connectivity index (χ0) is 19.7. The van der Waals surface area contributed by atoms with Gasteiger partial charge in [-0.2, -0.15) is 0 Å². The summed E-state index contributed by atoms with van der Waals surface area (Å²) in [5.41, 5.74) is 3.17. The number of rotatable bonds is 5. The van der Waals surface area contributed by atoms with Crippen molar-refractivity contribution in [3.8, 4) is 11.5 Å². The van der Waals surface area contributed by atoms with Crippen LogP contribution in [0, 0.1) is 17.0 Å². The number of thioether (sulfide) groups is 1. The van der Waals surface area contributed by atoms with Crippen LogP contribution in [0.3, 0.4) is 0 Å². The van der Waals surface area contributed by atoms with Crippen LogP contribution in [0.15, 0.2) is 58.0 Å². The Hall–Kier alpha value is -3.33. The molecule has 0 radical (unpaired) electrons. The first-order valence-electron chi connectivity index (χ1n) is 8.49. The third-order valence-corrected chi connectivity index (χ3v) is 5.27. The monoisotopic (exact) mass is 393 g/mol. The lowest BCUT2D eigenvalue weighted by molar-refractivity contribution is -0.384. The quantitative estimate of drug-likeness (QED) is 0.271. The molecule has 0 N–H and O–H groups in total. The number of fused-ring (bicyclic) bond motifs is 1. The van der Waals surface area contributed by atoms with E-state index in [0.717, 1.165) is 21.8 Å². The largest absolute Gasteiger partial charge is 0.419 e. The number of hydrogen-bond acceptors (Lipinski definition) is 8. The van der Waals surface area contributed by atoms with Gasteiger partial charge in [-0.1, -0.05) is 23.9 Å². The maximum Gasteiger partial charge on any atom is 0.269 e. The van der Waals surface area contributed by atoms with Gasteiger partial charge in [-0.25, -0.2) is 9.97 Å². The molecule has 9 heteroatoms. The lowest BCUT2D eigenvalue weighted by atomic mass is 10.2. The molecule has 0 saturated carbocycles. The molecule has 2 aromatic carbocycles. The third-order valence-electron chi connectivity index (χ3n) is 4.10. The van der Waals surface area contributed by atoms with E-state index in [1.807, 2.05) is 38.1 Å². The SMILES string of the molecule is Cc1nc2ccccc2nc1SC(C)c1nnc(-c2ccc([N+](=O)[O-])cc2)o1. The maximum atomic E-state index is 10.8. The lowest BCUT2D eigenvalue weighted by Gasteiger charge is -2.09. The van der Waals surface area contributed by atoms with Crippen LogP contribution in [-0.4, -0.2) is 25.1 Å². The minimum Gasteiger partial charge on any atom is -0.419 e. The van der Waals surface area contributed by atoms with Crippen molar-refractivity contribution in [3.63, 3.8) is 0 Å². The zero-order valence-electron chi connectivity index (χ0n) is 15.1. The number of aromatic nitrogens is 4. The van der Waals surface area contributed by atoms with E-state index in [1.165, 1.54) is 23.9 Å². The smallest absolute Gasteiger partial charge is 0.269 e. The van der Waals surface area contributed by atoms with Gasteiger partial charge in [0, 0.05) is 17.7 Å². The predicted octanol–water partition coefficient (Wildman–Crippen LogP) is 4.75. The van der Waals surface area contributed by atoms with Crippen molar-refractivity contribution in [3.05, 3.63) is 70.2 Å². The fraction of sp³-hybridized carbons (Fsp3) is 0.158. The molecule has 0 aliphatic rings. The van der Waals surface area contributed by atoms with Crippen molar-refractivity contribution in [2.75, 3.05) is 0 Å². The van der Waals surface area contributed by atoms with Gasteiger partial charge in [-0.15, -0.1) is 10.2 Å². The second kappa shape index (κ2) is 7.35. The van der Waals surface area contributed by atoms with Gasteiger partial charge >= 0.3 is 0 Å². The van der Waals surface area contributed by atoms with Crippen LogP contribution in [0.1, 0.15) is 23.8 Å². The number of para-hydroxylation sites is 2. The van der Waals surface area contributed by atoms with Gasteiger partial charge in [0.25, 0.3) is 5.69 Å². The summed E-state index contributed by atoms with van der Waals surface area (Å²) in [6, 6.07) is 13.7. The lowest BCUT2D eigenvalue weighted by Crippen LogP contribution is -1.96. The molecule has 28 heavy (non-hydrogen) atoms. The highest BCUT2D eigenvalue weighted by molar-refractivity contribution is 7.99. The number of nitro benzene ring substituents is 1. The molecule has 1 unspecified atom stereocenters. The van der Waals surface area contributed by atoms with E-state index in [0.29, 0.717) is 17.3 Å². The van der Waals surface area contributed by atoms with Gasteiger partial charge in [0.05, 0.1) is 26.9 Å². The highest BCUT2D eigenvalue weighted by atomic mass is 32.2. The summed E-state index contributed by atoms with van der Waals surface area (Å²) in [7, 11) is 0. The Morgan fingerprint density at radius 2 is 1.71 bits per heavy atom. The number of hydrogen-bond donors (Lipinski definition) is 0. The third kappa shape index (κ3) is 3.56. The van der Waals surface area contributed by atoms with E-state index in [4.69, 9.17) is 4.42 Å². The second-order valence-corrected chi connectivity index (χ2v) is 7.44. The molecule has 2 heterocycles. The van der Waals surface area contributed by atoms with E-state index >= 15 is 0 Å². The van der Waals surface area contributed by atoms with Gasteiger partial charge in [-0.3, -0.25) is 10.1 Å². The molecule has 1 atom stereocenters. The number of nitro groups is 1. The molecule has 4 aromatic rings. The molecule has 0 spiro atoms. The number of benzene rings is 2. The van der Waals surface area contributed by atoms with Crippen LogP contribution in [-0.2, 0) is 0 Å². The van der Waals surface area contributed by atoms with Crippen molar-refractivity contribution >= 4 is 28.5 Å². The van der Waals surface area contributed by atoms with Gasteiger partial charge in [-0.05, 0) is 38.1 Å². The Balaban J connectivity index is 1.55. The summed E-state index contributed by atoms with van der Waals surface area (Å²) in [6.07, 6.45) is 0. The topological polar surface area (TPSA) is 108 Å². The molecule has 4 rings (SSSR count). The fourth-order valence-corrected chi connectivity index (χ4v) is 3.54. The Labute approximate surface area is 164 Å². The van der Waals surface area contributed by atoms with E-state index in [2.05, 4.69) is 20.2 Å². The highest BCUT2D eigenvalue weighted by Crippen LogP contribution is 2.36. The van der Waals surface area contributed by atoms with Crippen molar-refractivity contribution in [2.24, 2.45) is 0 Å². The van der Waals surface area contributed by atoms with E-state index in [9.17, 15) is 10.1 Å². The van der Waals surface area contributed by atoms with E-state index in [1.54, 1.807) is 12.1 Å². The molecule has 0 amide bonds. The summed E-state index contributed by atoms with van der Waals surface area (Å²) in [4.78, 5) is 19.6. The molecular weight excluding hydrogens is 378 g/mol. The number of nitrogens with zero attached hydrogens (tertiary/aromatic N) is 5. The predicted molar refractivity (Wildman–Crippen MR) is 105 cm³/mol. The van der Waals surface area contributed by atoms with Crippen molar-refractivity contribution in [2.45, 2.75) is 24.1 Å². The van der Waals surface area contributed by atoms with Crippen LogP contribution in [0.2, 0.25) is 0 Å². The molecule has 2 aromatic heterocycles. The standard InChI is InChI=1S/C19H15N5O3S/c1-11-19(21-16-6-4-3-5-15(16)20-11)28-12(2)17-22-23-18(27-17)13-7-9-14(10-8-13)24(25)26/h3-10,12H,1-2H3. The Morgan fingerprint density at radius 1 is 1.04 bits per heavy atom. The summed E-state index contributed by atoms with van der Waals surface area (Å²) in [5, 5.41) is 19.6. The van der Waals surface area contributed by atoms with E-state index < -0.39 is 4.92 Å². The van der Waals surface area contributed by atoms with Crippen LogP contribution >= 0.6 is 11.8 Å².